The van der Waals surface area contributed by atoms with E-state index in [-0.39, 0.29) is 29.9 Å². The molecule has 1 aromatic rings. The molecule has 0 radical (unpaired) electrons. The van der Waals surface area contributed by atoms with Crippen LogP contribution in [0.2, 0.25) is 0 Å². The van der Waals surface area contributed by atoms with Crippen LogP contribution in [0.4, 0.5) is 0 Å². The molecule has 3 fully saturated rings. The monoisotopic (exact) mass is 574 g/mol. The number of nitrogens with zero attached hydrogens (tertiary/aromatic N) is 2. The van der Waals surface area contributed by atoms with Gasteiger partial charge in [0.05, 0.1) is 17.9 Å². The van der Waals surface area contributed by atoms with Gasteiger partial charge in [-0.1, -0.05) is 65.0 Å². The summed E-state index contributed by atoms with van der Waals surface area (Å²) in [7, 11) is 0. The average molecular weight is 576 g/mol. The number of esters is 1. The molecular weight excluding hydrogens is 540 g/mol. The Morgan fingerprint density at radius 2 is 1.97 bits per heavy atom. The molecule has 0 aromatic heterocycles. The van der Waals surface area contributed by atoms with Crippen molar-refractivity contribution in [3.05, 3.63) is 61.2 Å². The van der Waals surface area contributed by atoms with Gasteiger partial charge >= 0.3 is 5.97 Å². The summed E-state index contributed by atoms with van der Waals surface area (Å²) in [5, 5.41) is 9.20. The van der Waals surface area contributed by atoms with Crippen molar-refractivity contribution in [1.82, 2.24) is 9.80 Å². The summed E-state index contributed by atoms with van der Waals surface area (Å²) in [6, 6.07) is 8.80. The minimum Gasteiger partial charge on any atom is -0.461 e. The fourth-order valence-corrected chi connectivity index (χ4v) is 7.03. The van der Waals surface area contributed by atoms with E-state index in [1.807, 2.05) is 30.3 Å². The minimum absolute atomic E-state index is 0.0420. The molecule has 3 aliphatic rings. The lowest BCUT2D eigenvalue weighted by Crippen LogP contribution is -2.56. The smallest absolute Gasteiger partial charge is 0.312 e. The Bertz CT molecular complexity index is 1020. The molecule has 6 atom stereocenters. The molecule has 1 N–H and O–H groups in total. The van der Waals surface area contributed by atoms with Crippen LogP contribution in [-0.2, 0) is 30.4 Å². The molecule has 0 saturated carbocycles. The van der Waals surface area contributed by atoms with Gasteiger partial charge in [0, 0.05) is 31.1 Å². The van der Waals surface area contributed by atoms with Gasteiger partial charge in [-0.05, 0) is 31.2 Å². The number of unbranched alkanes of at least 4 members (excludes halogenated alkanes) is 2. The first-order valence-corrected chi connectivity index (χ1v) is 13.8. The quantitative estimate of drug-likeness (QED) is 0.168. The van der Waals surface area contributed by atoms with Gasteiger partial charge in [0.1, 0.15) is 18.2 Å². The van der Waals surface area contributed by atoms with Crippen LogP contribution in [0.15, 0.2) is 55.6 Å². The topological polar surface area (TPSA) is 96.4 Å². The van der Waals surface area contributed by atoms with Crippen molar-refractivity contribution in [3.8, 4) is 0 Å². The van der Waals surface area contributed by atoms with E-state index in [4.69, 9.17) is 9.47 Å². The summed E-state index contributed by atoms with van der Waals surface area (Å²) >= 11 is 3.66. The number of halogens is 1. The Kier molecular flexibility index (Phi) is 8.87. The number of rotatable bonds is 13. The zero-order chi connectivity index (χ0) is 26.6. The Labute approximate surface area is 226 Å². The number of ether oxygens (including phenoxy) is 2. The molecule has 200 valence electrons. The van der Waals surface area contributed by atoms with Crippen LogP contribution in [0.25, 0.3) is 0 Å². The molecule has 8 nitrogen and oxygen atoms in total. The highest BCUT2D eigenvalue weighted by atomic mass is 79.9. The number of alkyl halides is 1. The molecule has 4 rings (SSSR count). The lowest BCUT2D eigenvalue weighted by molar-refractivity contribution is -0.154. The Morgan fingerprint density at radius 3 is 2.65 bits per heavy atom. The van der Waals surface area contributed by atoms with Crippen LogP contribution in [-0.4, -0.2) is 81.6 Å². The highest BCUT2D eigenvalue weighted by molar-refractivity contribution is 9.09. The molecule has 3 unspecified atom stereocenters. The van der Waals surface area contributed by atoms with Crippen molar-refractivity contribution in [1.29, 1.82) is 0 Å². The van der Waals surface area contributed by atoms with E-state index >= 15 is 0 Å². The molecular formula is C28H35BrN2O6. The zero-order valence-corrected chi connectivity index (χ0v) is 22.6. The molecule has 2 amide bonds. The summed E-state index contributed by atoms with van der Waals surface area (Å²) in [5.41, 5.74) is -0.163. The molecule has 3 saturated heterocycles. The molecule has 0 aliphatic carbocycles. The molecule has 1 spiro atoms. The van der Waals surface area contributed by atoms with Crippen LogP contribution in [0.3, 0.4) is 0 Å². The lowest BCUT2D eigenvalue weighted by atomic mass is 9.70. The van der Waals surface area contributed by atoms with Crippen LogP contribution in [0.1, 0.15) is 31.2 Å². The van der Waals surface area contributed by atoms with Crippen molar-refractivity contribution in [2.75, 3.05) is 26.3 Å². The number of carbonyl (C=O) groups excluding carboxylic acids is 3. The summed E-state index contributed by atoms with van der Waals surface area (Å²) in [6.45, 7) is 8.56. The number of hydrogen-bond acceptors (Lipinski definition) is 6. The Balaban J connectivity index is 1.69. The summed E-state index contributed by atoms with van der Waals surface area (Å²) < 4.78 is 11.9. The number of fused-ring (bicyclic) bond motifs is 1. The predicted molar refractivity (Wildman–Crippen MR) is 142 cm³/mol. The minimum atomic E-state index is -1.13. The SMILES string of the molecule is C=CCOC(=O)[C@H]1[C@@H]2OC3(CC2Br)C(C(=O)N(CC=C)Cc2ccccc2)N(CCCCCO)C(=O)[C@H]13. The molecule has 2 bridgehead atoms. The number of carbonyl (C=O) groups is 3. The van der Waals surface area contributed by atoms with Crippen molar-refractivity contribution in [2.24, 2.45) is 11.8 Å². The third kappa shape index (κ3) is 5.13. The van der Waals surface area contributed by atoms with Gasteiger partial charge in [-0.15, -0.1) is 6.58 Å². The van der Waals surface area contributed by atoms with E-state index < -0.39 is 35.6 Å². The predicted octanol–water partition coefficient (Wildman–Crippen LogP) is 2.84. The standard InChI is InChI=1S/C28H35BrN2O6/c1-3-13-30(18-19-11-7-5-8-12-19)26(34)24-28-17-20(29)23(37-28)21(27(35)36-16-4-2)22(28)25(33)31(24)14-9-6-10-15-32/h3-5,7-8,11-12,20-24,32H,1-2,6,9-10,13-18H2/t20?,21-,22+,23-,24?,28?/m1/s1. The third-order valence-corrected chi connectivity index (χ3v) is 8.42. The van der Waals surface area contributed by atoms with Gasteiger partial charge in [-0.3, -0.25) is 14.4 Å². The Morgan fingerprint density at radius 1 is 1.22 bits per heavy atom. The first kappa shape index (κ1) is 27.5. The lowest BCUT2D eigenvalue weighted by Gasteiger charge is -2.37. The van der Waals surface area contributed by atoms with E-state index in [1.54, 1.807) is 15.9 Å². The largest absolute Gasteiger partial charge is 0.461 e. The van der Waals surface area contributed by atoms with Crippen molar-refractivity contribution < 1.29 is 29.0 Å². The maximum Gasteiger partial charge on any atom is 0.312 e. The molecule has 3 aliphatic heterocycles. The number of amides is 2. The van der Waals surface area contributed by atoms with Gasteiger partial charge in [-0.25, -0.2) is 0 Å². The Hall–Kier alpha value is -2.49. The van der Waals surface area contributed by atoms with Crippen molar-refractivity contribution >= 4 is 33.7 Å². The van der Waals surface area contributed by atoms with Crippen molar-refractivity contribution in [3.63, 3.8) is 0 Å². The first-order valence-electron chi connectivity index (χ1n) is 12.8. The second-order valence-corrected chi connectivity index (χ2v) is 11.1. The van der Waals surface area contributed by atoms with E-state index in [0.29, 0.717) is 45.3 Å². The van der Waals surface area contributed by atoms with E-state index in [2.05, 4.69) is 29.1 Å². The van der Waals surface area contributed by atoms with Crippen LogP contribution in [0.5, 0.6) is 0 Å². The van der Waals surface area contributed by atoms with Crippen LogP contribution >= 0.6 is 15.9 Å². The second-order valence-electron chi connectivity index (χ2n) is 9.89. The number of aliphatic hydroxyl groups excluding tert-OH is 1. The van der Waals surface area contributed by atoms with Gasteiger partial charge in [-0.2, -0.15) is 0 Å². The fraction of sp³-hybridized carbons (Fsp3) is 0.536. The van der Waals surface area contributed by atoms with Gasteiger partial charge in [0.2, 0.25) is 11.8 Å². The summed E-state index contributed by atoms with van der Waals surface area (Å²) in [4.78, 5) is 44.5. The summed E-state index contributed by atoms with van der Waals surface area (Å²) in [5.74, 6) is -2.57. The first-order chi connectivity index (χ1) is 17.9. The van der Waals surface area contributed by atoms with E-state index in [1.165, 1.54) is 6.08 Å². The molecule has 3 heterocycles. The molecule has 37 heavy (non-hydrogen) atoms. The fourth-order valence-electron chi connectivity index (χ4n) is 6.09. The van der Waals surface area contributed by atoms with Gasteiger partial charge in [0.25, 0.3) is 0 Å². The van der Waals surface area contributed by atoms with Crippen LogP contribution in [0, 0.1) is 11.8 Å². The summed E-state index contributed by atoms with van der Waals surface area (Å²) in [6.07, 6.45) is 5.01. The molecule has 9 heteroatoms. The third-order valence-electron chi connectivity index (χ3n) is 7.57. The van der Waals surface area contributed by atoms with E-state index in [0.717, 1.165) is 5.56 Å². The second kappa shape index (κ2) is 11.9. The average Bonchev–Trinajstić information content (AvgIpc) is 3.48. The number of likely N-dealkylation sites (tertiary alicyclic amines) is 1. The van der Waals surface area contributed by atoms with E-state index in [9.17, 15) is 19.5 Å². The highest BCUT2D eigenvalue weighted by Crippen LogP contribution is 2.60. The maximum absolute atomic E-state index is 14.3. The number of hydrogen-bond donors (Lipinski definition) is 1. The zero-order valence-electron chi connectivity index (χ0n) is 21.0. The highest BCUT2D eigenvalue weighted by Gasteiger charge is 2.77. The number of benzene rings is 1. The van der Waals surface area contributed by atoms with Crippen LogP contribution < -0.4 is 0 Å². The van der Waals surface area contributed by atoms with Gasteiger partial charge < -0.3 is 24.4 Å². The van der Waals surface area contributed by atoms with Gasteiger partial charge in [0.15, 0.2) is 0 Å². The normalized spacial score (nSPS) is 29.7. The van der Waals surface area contributed by atoms with Crippen molar-refractivity contribution in [2.45, 2.75) is 54.8 Å². The number of aliphatic hydroxyl groups is 1. The maximum atomic E-state index is 14.3. The molecule has 1 aromatic carbocycles.